The Morgan fingerprint density at radius 3 is 2.80 bits per heavy atom. The second-order valence-electron chi connectivity index (χ2n) is 5.43. The van der Waals surface area contributed by atoms with Gasteiger partial charge in [0.15, 0.2) is 0 Å². The molecular weight excluding hydrogens is 180 g/mol. The monoisotopic (exact) mass is 202 g/mol. The molecule has 15 heavy (non-hydrogen) atoms. The van der Waals surface area contributed by atoms with E-state index in [0.717, 1.165) is 17.8 Å². The third kappa shape index (κ3) is 1.95. The summed E-state index contributed by atoms with van der Waals surface area (Å²) in [7, 11) is 0. The molecule has 2 aliphatic carbocycles. The fraction of sp³-hybridized carbons (Fsp3) is 0.600. The highest BCUT2D eigenvalue weighted by Crippen LogP contribution is 2.44. The summed E-state index contributed by atoms with van der Waals surface area (Å²) in [5.41, 5.74) is 3.02. The number of hydrogen-bond donors (Lipinski definition) is 0. The molecule has 0 aliphatic heterocycles. The van der Waals surface area contributed by atoms with Crippen LogP contribution in [0.25, 0.3) is 0 Å². The van der Waals surface area contributed by atoms with Gasteiger partial charge in [-0.05, 0) is 50.9 Å². The molecular formula is C15H22. The maximum Gasteiger partial charge on any atom is -0.00113 e. The van der Waals surface area contributed by atoms with Gasteiger partial charge < -0.3 is 0 Å². The molecule has 0 nitrogen and oxygen atoms in total. The quantitative estimate of drug-likeness (QED) is 0.554. The van der Waals surface area contributed by atoms with Crippen molar-refractivity contribution in [3.8, 4) is 0 Å². The molecule has 0 heteroatoms. The zero-order valence-corrected chi connectivity index (χ0v) is 10.3. The van der Waals surface area contributed by atoms with Gasteiger partial charge in [-0.3, -0.25) is 0 Å². The maximum absolute atomic E-state index is 2.49. The van der Waals surface area contributed by atoms with E-state index in [1.54, 1.807) is 5.57 Å². The minimum Gasteiger partial charge on any atom is -0.0879 e. The first-order valence-electron chi connectivity index (χ1n) is 6.09. The molecule has 0 saturated carbocycles. The van der Waals surface area contributed by atoms with Crippen LogP contribution >= 0.6 is 0 Å². The second kappa shape index (κ2) is 4.00. The molecule has 0 aromatic carbocycles. The summed E-state index contributed by atoms with van der Waals surface area (Å²) < 4.78 is 0. The van der Waals surface area contributed by atoms with E-state index in [9.17, 15) is 0 Å². The van der Waals surface area contributed by atoms with Crippen LogP contribution < -0.4 is 0 Å². The molecule has 82 valence electrons. The Bertz CT molecular complexity index is 326. The highest BCUT2D eigenvalue weighted by atomic mass is 14.4. The van der Waals surface area contributed by atoms with Crippen molar-refractivity contribution in [2.75, 3.05) is 0 Å². The largest absolute Gasteiger partial charge is 0.0879 e. The van der Waals surface area contributed by atoms with Gasteiger partial charge in [0.1, 0.15) is 0 Å². The fourth-order valence-electron chi connectivity index (χ4n) is 3.08. The molecule has 0 saturated heterocycles. The molecule has 2 rings (SSSR count). The Kier molecular flexibility index (Phi) is 2.86. The minimum absolute atomic E-state index is 0.672. The van der Waals surface area contributed by atoms with Gasteiger partial charge in [0.2, 0.25) is 0 Å². The van der Waals surface area contributed by atoms with Gasteiger partial charge in [-0.2, -0.15) is 0 Å². The number of fused-ring (bicyclic) bond motifs is 1. The lowest BCUT2D eigenvalue weighted by Gasteiger charge is -2.35. The first-order valence-corrected chi connectivity index (χ1v) is 6.09. The number of rotatable bonds is 1. The van der Waals surface area contributed by atoms with Crippen molar-refractivity contribution in [2.45, 2.75) is 34.1 Å². The minimum atomic E-state index is 0.672. The zero-order chi connectivity index (χ0) is 11.0. The summed E-state index contributed by atoms with van der Waals surface area (Å²) in [4.78, 5) is 0. The molecule has 0 spiro atoms. The van der Waals surface area contributed by atoms with Crippen molar-refractivity contribution in [2.24, 2.45) is 23.7 Å². The van der Waals surface area contributed by atoms with Crippen molar-refractivity contribution in [3.63, 3.8) is 0 Å². The van der Waals surface area contributed by atoms with Crippen LogP contribution in [0.4, 0.5) is 0 Å². The smallest absolute Gasteiger partial charge is 0.00113 e. The molecule has 0 aromatic heterocycles. The normalized spacial score (nSPS) is 38.5. The fourth-order valence-corrected chi connectivity index (χ4v) is 3.08. The van der Waals surface area contributed by atoms with Crippen LogP contribution in [0, 0.1) is 23.7 Å². The van der Waals surface area contributed by atoms with Gasteiger partial charge in [-0.1, -0.05) is 42.4 Å². The zero-order valence-electron chi connectivity index (χ0n) is 10.3. The summed E-state index contributed by atoms with van der Waals surface area (Å²) in [6.45, 7) is 9.08. The summed E-state index contributed by atoms with van der Waals surface area (Å²) in [5.74, 6) is 3.04. The van der Waals surface area contributed by atoms with Gasteiger partial charge in [-0.15, -0.1) is 0 Å². The SMILES string of the molecule is CC(C)=CC1C=C(C)C(C)C2C=CCC12. The van der Waals surface area contributed by atoms with Gasteiger partial charge in [0, 0.05) is 0 Å². The Morgan fingerprint density at radius 2 is 2.13 bits per heavy atom. The lowest BCUT2D eigenvalue weighted by atomic mass is 9.69. The van der Waals surface area contributed by atoms with E-state index < -0.39 is 0 Å². The second-order valence-corrected chi connectivity index (χ2v) is 5.43. The van der Waals surface area contributed by atoms with E-state index in [0.29, 0.717) is 5.92 Å². The first kappa shape index (κ1) is 10.7. The average molecular weight is 202 g/mol. The number of hydrogen-bond acceptors (Lipinski definition) is 0. The summed E-state index contributed by atoms with van der Waals surface area (Å²) in [6, 6.07) is 0. The molecule has 0 radical (unpaired) electrons. The molecule has 4 unspecified atom stereocenters. The molecule has 0 bridgehead atoms. The van der Waals surface area contributed by atoms with E-state index in [4.69, 9.17) is 0 Å². The van der Waals surface area contributed by atoms with Crippen molar-refractivity contribution in [1.82, 2.24) is 0 Å². The lowest BCUT2D eigenvalue weighted by Crippen LogP contribution is -2.27. The maximum atomic E-state index is 2.49. The van der Waals surface area contributed by atoms with Crippen LogP contribution in [0.15, 0.2) is 35.5 Å². The topological polar surface area (TPSA) is 0 Å². The van der Waals surface area contributed by atoms with Gasteiger partial charge in [0.05, 0.1) is 0 Å². The van der Waals surface area contributed by atoms with Crippen LogP contribution in [0.3, 0.4) is 0 Å². The first-order chi connectivity index (χ1) is 7.09. The van der Waals surface area contributed by atoms with E-state index in [1.807, 2.05) is 0 Å². The Hall–Kier alpha value is -0.780. The molecule has 2 aliphatic rings. The van der Waals surface area contributed by atoms with Gasteiger partial charge >= 0.3 is 0 Å². The summed E-state index contributed by atoms with van der Waals surface area (Å²) >= 11 is 0. The van der Waals surface area contributed by atoms with Crippen LogP contribution in [-0.2, 0) is 0 Å². The Labute approximate surface area is 93.8 Å². The van der Waals surface area contributed by atoms with Crippen LogP contribution in [-0.4, -0.2) is 0 Å². The third-order valence-corrected chi connectivity index (χ3v) is 4.03. The van der Waals surface area contributed by atoms with Crippen molar-refractivity contribution < 1.29 is 0 Å². The molecule has 0 aromatic rings. The molecule has 0 fully saturated rings. The van der Waals surface area contributed by atoms with E-state index in [-0.39, 0.29) is 0 Å². The predicted octanol–water partition coefficient (Wildman–Crippen LogP) is 4.36. The van der Waals surface area contributed by atoms with Crippen molar-refractivity contribution in [1.29, 1.82) is 0 Å². The van der Waals surface area contributed by atoms with Gasteiger partial charge in [0.25, 0.3) is 0 Å². The molecule has 0 N–H and O–H groups in total. The van der Waals surface area contributed by atoms with E-state index in [1.165, 1.54) is 12.0 Å². The molecule has 0 heterocycles. The van der Waals surface area contributed by atoms with E-state index in [2.05, 4.69) is 52.0 Å². The Morgan fingerprint density at radius 1 is 1.40 bits per heavy atom. The van der Waals surface area contributed by atoms with Crippen LogP contribution in [0.2, 0.25) is 0 Å². The third-order valence-electron chi connectivity index (χ3n) is 4.03. The van der Waals surface area contributed by atoms with Crippen LogP contribution in [0.1, 0.15) is 34.1 Å². The van der Waals surface area contributed by atoms with E-state index >= 15 is 0 Å². The standard InChI is InChI=1S/C15H22/c1-10(2)8-13-9-11(3)12(4)14-6-5-7-15(13)14/h5-6,8-9,12-15H,7H2,1-4H3. The lowest BCUT2D eigenvalue weighted by molar-refractivity contribution is 0.283. The van der Waals surface area contributed by atoms with Crippen molar-refractivity contribution in [3.05, 3.63) is 35.5 Å². The summed E-state index contributed by atoms with van der Waals surface area (Å²) in [5, 5.41) is 0. The Balaban J connectivity index is 2.29. The molecule has 4 atom stereocenters. The number of allylic oxidation sites excluding steroid dienone is 6. The highest BCUT2D eigenvalue weighted by Gasteiger charge is 2.35. The summed E-state index contributed by atoms with van der Waals surface area (Å²) in [6.07, 6.45) is 11.0. The average Bonchev–Trinajstić information content (AvgIpc) is 2.61. The molecule has 0 amide bonds. The highest BCUT2D eigenvalue weighted by molar-refractivity contribution is 5.24. The van der Waals surface area contributed by atoms with Crippen LogP contribution in [0.5, 0.6) is 0 Å². The van der Waals surface area contributed by atoms with Gasteiger partial charge in [-0.25, -0.2) is 0 Å². The van der Waals surface area contributed by atoms with Crippen molar-refractivity contribution >= 4 is 0 Å². The predicted molar refractivity (Wildman–Crippen MR) is 66.6 cm³/mol.